The van der Waals surface area contributed by atoms with Crippen LogP contribution in [0.3, 0.4) is 0 Å². The SMILES string of the molecule is N[C@@H](Cc1cc(I)c(Oc2ccccc2)c(I)c1)C(=O)O. The van der Waals surface area contributed by atoms with Crippen molar-refractivity contribution in [1.82, 2.24) is 0 Å². The Labute approximate surface area is 150 Å². The Kier molecular flexibility index (Phi) is 5.82. The molecule has 2 aromatic carbocycles. The summed E-state index contributed by atoms with van der Waals surface area (Å²) in [6, 6.07) is 12.5. The molecule has 0 radical (unpaired) electrons. The molecule has 1 atom stereocenters. The molecule has 0 spiro atoms. The molecule has 4 nitrogen and oxygen atoms in total. The first-order valence-corrected chi connectivity index (χ1v) is 8.32. The summed E-state index contributed by atoms with van der Waals surface area (Å²) in [4.78, 5) is 10.8. The topological polar surface area (TPSA) is 72.5 Å². The highest BCUT2D eigenvalue weighted by Crippen LogP contribution is 2.33. The molecule has 0 aliphatic heterocycles. The third kappa shape index (κ3) is 4.55. The third-order valence-corrected chi connectivity index (χ3v) is 4.40. The van der Waals surface area contributed by atoms with Crippen LogP contribution in [0, 0.1) is 7.14 Å². The lowest BCUT2D eigenvalue weighted by molar-refractivity contribution is -0.138. The molecule has 110 valence electrons. The normalized spacial score (nSPS) is 12.0. The minimum Gasteiger partial charge on any atom is -0.480 e. The van der Waals surface area contributed by atoms with Crippen LogP contribution in [0.4, 0.5) is 0 Å². The smallest absolute Gasteiger partial charge is 0.320 e. The van der Waals surface area contributed by atoms with Gasteiger partial charge < -0.3 is 15.6 Å². The highest BCUT2D eigenvalue weighted by atomic mass is 127. The first-order valence-electron chi connectivity index (χ1n) is 6.16. The average molecular weight is 509 g/mol. The lowest BCUT2D eigenvalue weighted by Crippen LogP contribution is -2.32. The fourth-order valence-electron chi connectivity index (χ4n) is 1.78. The monoisotopic (exact) mass is 509 g/mol. The van der Waals surface area contributed by atoms with Gasteiger partial charge in [0.25, 0.3) is 0 Å². The molecule has 0 aromatic heterocycles. The van der Waals surface area contributed by atoms with Gasteiger partial charge >= 0.3 is 5.97 Å². The maximum atomic E-state index is 10.8. The Balaban J connectivity index is 2.23. The van der Waals surface area contributed by atoms with Gasteiger partial charge in [0.2, 0.25) is 0 Å². The molecule has 0 heterocycles. The van der Waals surface area contributed by atoms with Gasteiger partial charge in [-0.2, -0.15) is 0 Å². The second kappa shape index (κ2) is 7.41. The van der Waals surface area contributed by atoms with E-state index in [1.165, 1.54) is 0 Å². The van der Waals surface area contributed by atoms with Gasteiger partial charge in [-0.1, -0.05) is 18.2 Å². The molecule has 2 aromatic rings. The first kappa shape index (κ1) is 16.5. The molecular weight excluding hydrogens is 496 g/mol. The van der Waals surface area contributed by atoms with Crippen molar-refractivity contribution in [3.05, 3.63) is 55.2 Å². The minimum absolute atomic E-state index is 0.299. The van der Waals surface area contributed by atoms with E-state index in [4.69, 9.17) is 15.6 Å². The summed E-state index contributed by atoms with van der Waals surface area (Å²) in [5.41, 5.74) is 6.46. The Morgan fingerprint density at radius 1 is 1.19 bits per heavy atom. The van der Waals surface area contributed by atoms with E-state index in [9.17, 15) is 4.79 Å². The number of rotatable bonds is 5. The Morgan fingerprint density at radius 2 is 1.76 bits per heavy atom. The lowest BCUT2D eigenvalue weighted by Gasteiger charge is -2.13. The van der Waals surface area contributed by atoms with Crippen molar-refractivity contribution in [2.24, 2.45) is 5.73 Å². The van der Waals surface area contributed by atoms with Crippen molar-refractivity contribution in [3.63, 3.8) is 0 Å². The zero-order valence-corrected chi connectivity index (χ0v) is 15.2. The predicted octanol–water partition coefficient (Wildman–Crippen LogP) is 3.64. The van der Waals surface area contributed by atoms with Crippen molar-refractivity contribution in [1.29, 1.82) is 0 Å². The van der Waals surface area contributed by atoms with Crippen LogP contribution < -0.4 is 10.5 Å². The van der Waals surface area contributed by atoms with Crippen LogP contribution >= 0.6 is 45.2 Å². The number of hydrogen-bond acceptors (Lipinski definition) is 3. The molecule has 21 heavy (non-hydrogen) atoms. The molecule has 0 bridgehead atoms. The summed E-state index contributed by atoms with van der Waals surface area (Å²) < 4.78 is 7.74. The molecule has 0 unspecified atom stereocenters. The van der Waals surface area contributed by atoms with Crippen LogP contribution in [-0.2, 0) is 11.2 Å². The fraction of sp³-hybridized carbons (Fsp3) is 0.133. The Bertz CT molecular complexity index is 624. The van der Waals surface area contributed by atoms with Crippen molar-refractivity contribution in [2.45, 2.75) is 12.5 Å². The van der Waals surface area contributed by atoms with E-state index in [1.807, 2.05) is 42.5 Å². The summed E-state index contributed by atoms with van der Waals surface area (Å²) in [5, 5.41) is 8.88. The largest absolute Gasteiger partial charge is 0.480 e. The summed E-state index contributed by atoms with van der Waals surface area (Å²) >= 11 is 4.37. The van der Waals surface area contributed by atoms with E-state index >= 15 is 0 Å². The maximum Gasteiger partial charge on any atom is 0.320 e. The number of hydrogen-bond donors (Lipinski definition) is 2. The number of carboxylic acids is 1. The van der Waals surface area contributed by atoms with Crippen LogP contribution in [0.25, 0.3) is 0 Å². The van der Waals surface area contributed by atoms with Crippen molar-refractivity contribution < 1.29 is 14.6 Å². The number of aliphatic carboxylic acids is 1. The average Bonchev–Trinajstić information content (AvgIpc) is 2.44. The van der Waals surface area contributed by atoms with E-state index in [0.717, 1.165) is 24.2 Å². The number of para-hydroxylation sites is 1. The second-order valence-electron chi connectivity index (χ2n) is 4.45. The van der Waals surface area contributed by atoms with Crippen molar-refractivity contribution >= 4 is 51.2 Å². The zero-order valence-electron chi connectivity index (χ0n) is 10.9. The first-order chi connectivity index (χ1) is 9.97. The molecule has 0 saturated heterocycles. The van der Waals surface area contributed by atoms with Gasteiger partial charge in [0.15, 0.2) is 5.75 Å². The second-order valence-corrected chi connectivity index (χ2v) is 6.78. The number of halogens is 2. The van der Waals surface area contributed by atoms with E-state index in [-0.39, 0.29) is 0 Å². The quantitative estimate of drug-likeness (QED) is 0.605. The molecule has 0 aliphatic carbocycles. The van der Waals surface area contributed by atoms with E-state index in [1.54, 1.807) is 0 Å². The molecule has 0 fully saturated rings. The summed E-state index contributed by atoms with van der Waals surface area (Å²) in [7, 11) is 0. The molecule has 3 N–H and O–H groups in total. The van der Waals surface area contributed by atoms with E-state index in [0.29, 0.717) is 6.42 Å². The lowest BCUT2D eigenvalue weighted by atomic mass is 10.1. The van der Waals surface area contributed by atoms with Crippen LogP contribution in [0.15, 0.2) is 42.5 Å². The number of nitrogens with two attached hydrogens (primary N) is 1. The molecule has 0 saturated carbocycles. The van der Waals surface area contributed by atoms with Gasteiger partial charge in [-0.05, 0) is 81.4 Å². The van der Waals surface area contributed by atoms with Gasteiger partial charge in [-0.15, -0.1) is 0 Å². The molecule has 0 amide bonds. The number of ether oxygens (including phenoxy) is 1. The predicted molar refractivity (Wildman–Crippen MR) is 97.7 cm³/mol. The van der Waals surface area contributed by atoms with Crippen LogP contribution in [0.1, 0.15) is 5.56 Å². The highest BCUT2D eigenvalue weighted by Gasteiger charge is 2.15. The molecule has 2 rings (SSSR count). The van der Waals surface area contributed by atoms with Crippen molar-refractivity contribution in [2.75, 3.05) is 0 Å². The molecular formula is C15H13I2NO3. The van der Waals surface area contributed by atoms with Gasteiger partial charge in [0.05, 0.1) is 7.14 Å². The summed E-state index contributed by atoms with van der Waals surface area (Å²) in [6.07, 6.45) is 0.299. The zero-order chi connectivity index (χ0) is 15.4. The number of benzene rings is 2. The Hall–Kier alpha value is -0.870. The standard InChI is InChI=1S/C15H13I2NO3/c16-11-6-9(8-13(18)15(19)20)7-12(17)14(11)21-10-4-2-1-3-5-10/h1-7,13H,8,18H2,(H,19,20)/t13-/m0/s1. The van der Waals surface area contributed by atoms with Crippen LogP contribution in [-0.4, -0.2) is 17.1 Å². The molecule has 6 heteroatoms. The van der Waals surface area contributed by atoms with E-state index in [2.05, 4.69) is 45.2 Å². The van der Waals surface area contributed by atoms with Crippen LogP contribution in [0.5, 0.6) is 11.5 Å². The summed E-state index contributed by atoms with van der Waals surface area (Å²) in [6.45, 7) is 0. The van der Waals surface area contributed by atoms with Gasteiger partial charge in [0, 0.05) is 0 Å². The fourth-order valence-corrected chi connectivity index (χ4v) is 3.89. The minimum atomic E-state index is -0.996. The number of carbonyl (C=O) groups is 1. The van der Waals surface area contributed by atoms with Crippen LogP contribution in [0.2, 0.25) is 0 Å². The van der Waals surface area contributed by atoms with Gasteiger partial charge in [-0.3, -0.25) is 4.79 Å². The maximum absolute atomic E-state index is 10.8. The Morgan fingerprint density at radius 3 is 2.29 bits per heavy atom. The van der Waals surface area contributed by atoms with E-state index < -0.39 is 12.0 Å². The van der Waals surface area contributed by atoms with Crippen molar-refractivity contribution in [3.8, 4) is 11.5 Å². The number of carboxylic acid groups (broad SMARTS) is 1. The highest BCUT2D eigenvalue weighted by molar-refractivity contribution is 14.1. The van der Waals surface area contributed by atoms with Gasteiger partial charge in [-0.25, -0.2) is 0 Å². The van der Waals surface area contributed by atoms with Gasteiger partial charge in [0.1, 0.15) is 11.8 Å². The summed E-state index contributed by atoms with van der Waals surface area (Å²) in [5.74, 6) is 0.544. The molecule has 0 aliphatic rings. The third-order valence-electron chi connectivity index (χ3n) is 2.79.